The first-order chi connectivity index (χ1) is 4.81. The van der Waals surface area contributed by atoms with E-state index in [1.165, 1.54) is 12.8 Å². The Morgan fingerprint density at radius 3 is 2.50 bits per heavy atom. The Morgan fingerprint density at radius 2 is 2.00 bits per heavy atom. The number of rotatable bonds is 6. The Kier molecular flexibility index (Phi) is 6.98. The largest absolute Gasteiger partial charge is 0.393 e. The minimum Gasteiger partial charge on any atom is -0.393 e. The molecule has 2 heteroatoms. The summed E-state index contributed by atoms with van der Waals surface area (Å²) >= 11 is 0. The summed E-state index contributed by atoms with van der Waals surface area (Å²) in [6.45, 7) is 2.77. The first kappa shape index (κ1) is 9.92. The molecule has 0 saturated carbocycles. The third-order valence-electron chi connectivity index (χ3n) is 1.64. The molecule has 10 heavy (non-hydrogen) atoms. The molecule has 0 aromatic heterocycles. The summed E-state index contributed by atoms with van der Waals surface area (Å²) in [5.41, 5.74) is 5.27. The molecule has 0 rings (SSSR count). The fourth-order valence-corrected chi connectivity index (χ4v) is 0.967. The molecule has 0 amide bonds. The van der Waals surface area contributed by atoms with Crippen LogP contribution >= 0.6 is 0 Å². The average molecular weight is 145 g/mol. The van der Waals surface area contributed by atoms with E-state index >= 15 is 0 Å². The van der Waals surface area contributed by atoms with Gasteiger partial charge in [-0.1, -0.05) is 26.2 Å². The topological polar surface area (TPSA) is 46.2 Å². The normalized spacial score (nSPS) is 13.5. The summed E-state index contributed by atoms with van der Waals surface area (Å²) in [6.07, 6.45) is 5.10. The van der Waals surface area contributed by atoms with E-state index in [0.717, 1.165) is 19.3 Å². The highest BCUT2D eigenvalue weighted by molar-refractivity contribution is 4.55. The second kappa shape index (κ2) is 7.03. The number of unbranched alkanes of at least 4 members (excludes halogenated alkanes) is 2. The van der Waals surface area contributed by atoms with Crippen molar-refractivity contribution in [1.82, 2.24) is 0 Å². The fourth-order valence-electron chi connectivity index (χ4n) is 0.967. The lowest BCUT2D eigenvalue weighted by Crippen LogP contribution is -2.12. The third kappa shape index (κ3) is 6.05. The van der Waals surface area contributed by atoms with Crippen LogP contribution in [0.5, 0.6) is 0 Å². The van der Waals surface area contributed by atoms with Gasteiger partial charge in [-0.3, -0.25) is 0 Å². The molecule has 0 radical (unpaired) electrons. The van der Waals surface area contributed by atoms with Gasteiger partial charge >= 0.3 is 0 Å². The standard InChI is InChI=1S/C8H19NO/c1-2-3-4-5-8(10)6-7-9/h8,10H,2-7,9H2,1H3/t8-/m0/s1. The van der Waals surface area contributed by atoms with Crippen molar-refractivity contribution >= 4 is 0 Å². The molecule has 0 heterocycles. The van der Waals surface area contributed by atoms with Gasteiger partial charge in [0.15, 0.2) is 0 Å². The predicted octanol–water partition coefficient (Wildman–Crippen LogP) is 1.28. The van der Waals surface area contributed by atoms with Crippen molar-refractivity contribution in [2.24, 2.45) is 5.73 Å². The van der Waals surface area contributed by atoms with Crippen LogP contribution in [0.2, 0.25) is 0 Å². The molecule has 62 valence electrons. The lowest BCUT2D eigenvalue weighted by atomic mass is 10.1. The quantitative estimate of drug-likeness (QED) is 0.553. The smallest absolute Gasteiger partial charge is 0.0552 e. The molecule has 0 aliphatic heterocycles. The molecule has 0 unspecified atom stereocenters. The molecule has 0 aromatic rings. The van der Waals surface area contributed by atoms with Gasteiger partial charge in [-0.2, -0.15) is 0 Å². The number of aliphatic hydroxyl groups excluding tert-OH is 1. The fraction of sp³-hybridized carbons (Fsp3) is 1.00. The average Bonchev–Trinajstić information content (AvgIpc) is 1.89. The monoisotopic (exact) mass is 145 g/mol. The number of aliphatic hydroxyl groups is 1. The summed E-state index contributed by atoms with van der Waals surface area (Å²) in [6, 6.07) is 0. The van der Waals surface area contributed by atoms with E-state index in [0.29, 0.717) is 6.54 Å². The molecular formula is C8H19NO. The Hall–Kier alpha value is -0.0800. The van der Waals surface area contributed by atoms with E-state index in [1.807, 2.05) is 0 Å². The summed E-state index contributed by atoms with van der Waals surface area (Å²) in [4.78, 5) is 0. The van der Waals surface area contributed by atoms with E-state index in [-0.39, 0.29) is 6.10 Å². The van der Waals surface area contributed by atoms with Crippen LogP contribution in [0.4, 0.5) is 0 Å². The summed E-state index contributed by atoms with van der Waals surface area (Å²) in [5, 5.41) is 9.20. The zero-order valence-electron chi connectivity index (χ0n) is 6.84. The SMILES string of the molecule is CCCCC[C@H](O)CCN. The zero-order valence-corrected chi connectivity index (χ0v) is 6.84. The van der Waals surface area contributed by atoms with Crippen LogP contribution in [0, 0.1) is 0 Å². The van der Waals surface area contributed by atoms with Gasteiger partial charge in [0.25, 0.3) is 0 Å². The van der Waals surface area contributed by atoms with Crippen molar-refractivity contribution in [3.8, 4) is 0 Å². The third-order valence-corrected chi connectivity index (χ3v) is 1.64. The highest BCUT2D eigenvalue weighted by Crippen LogP contribution is 2.04. The lowest BCUT2D eigenvalue weighted by molar-refractivity contribution is 0.153. The number of hydrogen-bond donors (Lipinski definition) is 2. The lowest BCUT2D eigenvalue weighted by Gasteiger charge is -2.06. The molecule has 3 N–H and O–H groups in total. The zero-order chi connectivity index (χ0) is 7.82. The van der Waals surface area contributed by atoms with Crippen molar-refractivity contribution in [3.63, 3.8) is 0 Å². The van der Waals surface area contributed by atoms with Crippen LogP contribution in [0.15, 0.2) is 0 Å². The van der Waals surface area contributed by atoms with E-state index in [4.69, 9.17) is 5.73 Å². The van der Waals surface area contributed by atoms with Crippen molar-refractivity contribution in [2.45, 2.75) is 45.1 Å². The molecule has 0 spiro atoms. The van der Waals surface area contributed by atoms with Crippen molar-refractivity contribution in [1.29, 1.82) is 0 Å². The molecule has 1 atom stereocenters. The van der Waals surface area contributed by atoms with Crippen LogP contribution in [-0.2, 0) is 0 Å². The molecule has 0 aromatic carbocycles. The molecule has 0 aliphatic rings. The minimum absolute atomic E-state index is 0.156. The van der Waals surface area contributed by atoms with Crippen molar-refractivity contribution in [2.75, 3.05) is 6.54 Å². The summed E-state index contributed by atoms with van der Waals surface area (Å²) in [5.74, 6) is 0. The highest BCUT2D eigenvalue weighted by atomic mass is 16.3. The van der Waals surface area contributed by atoms with E-state index < -0.39 is 0 Å². The second-order valence-electron chi connectivity index (χ2n) is 2.73. The van der Waals surface area contributed by atoms with E-state index in [9.17, 15) is 5.11 Å². The Bertz CT molecular complexity index is 66.3. The van der Waals surface area contributed by atoms with Crippen LogP contribution in [0.1, 0.15) is 39.0 Å². The molecule has 0 bridgehead atoms. The van der Waals surface area contributed by atoms with Gasteiger partial charge in [0.05, 0.1) is 6.10 Å². The molecular weight excluding hydrogens is 126 g/mol. The first-order valence-corrected chi connectivity index (χ1v) is 4.19. The number of nitrogens with two attached hydrogens (primary N) is 1. The van der Waals surface area contributed by atoms with Crippen molar-refractivity contribution < 1.29 is 5.11 Å². The first-order valence-electron chi connectivity index (χ1n) is 4.19. The molecule has 0 aliphatic carbocycles. The van der Waals surface area contributed by atoms with Gasteiger partial charge in [-0.15, -0.1) is 0 Å². The van der Waals surface area contributed by atoms with E-state index in [1.54, 1.807) is 0 Å². The second-order valence-corrected chi connectivity index (χ2v) is 2.73. The Balaban J connectivity index is 2.97. The van der Waals surface area contributed by atoms with Gasteiger partial charge in [0, 0.05) is 0 Å². The predicted molar refractivity (Wildman–Crippen MR) is 43.8 cm³/mol. The van der Waals surface area contributed by atoms with Gasteiger partial charge in [0.2, 0.25) is 0 Å². The van der Waals surface area contributed by atoms with Crippen LogP contribution in [0.3, 0.4) is 0 Å². The van der Waals surface area contributed by atoms with Crippen molar-refractivity contribution in [3.05, 3.63) is 0 Å². The Labute approximate surface area is 63.4 Å². The van der Waals surface area contributed by atoms with Gasteiger partial charge in [-0.25, -0.2) is 0 Å². The van der Waals surface area contributed by atoms with E-state index in [2.05, 4.69) is 6.92 Å². The highest BCUT2D eigenvalue weighted by Gasteiger charge is 2.00. The molecule has 0 fully saturated rings. The maximum Gasteiger partial charge on any atom is 0.0552 e. The maximum atomic E-state index is 9.20. The summed E-state index contributed by atoms with van der Waals surface area (Å²) < 4.78 is 0. The maximum absolute atomic E-state index is 9.20. The molecule has 0 saturated heterocycles. The van der Waals surface area contributed by atoms with Gasteiger partial charge in [-0.05, 0) is 19.4 Å². The van der Waals surface area contributed by atoms with Crippen LogP contribution < -0.4 is 5.73 Å². The van der Waals surface area contributed by atoms with Crippen LogP contribution in [-0.4, -0.2) is 17.8 Å². The number of hydrogen-bond acceptors (Lipinski definition) is 2. The van der Waals surface area contributed by atoms with Gasteiger partial charge < -0.3 is 10.8 Å². The Morgan fingerprint density at radius 1 is 1.30 bits per heavy atom. The van der Waals surface area contributed by atoms with Crippen LogP contribution in [0.25, 0.3) is 0 Å². The van der Waals surface area contributed by atoms with Gasteiger partial charge in [0.1, 0.15) is 0 Å². The minimum atomic E-state index is -0.156. The summed E-state index contributed by atoms with van der Waals surface area (Å²) in [7, 11) is 0. The molecule has 2 nitrogen and oxygen atoms in total.